The van der Waals surface area contributed by atoms with Crippen molar-refractivity contribution in [2.45, 2.75) is 18.7 Å². The highest BCUT2D eigenvalue weighted by Crippen LogP contribution is 2.29. The van der Waals surface area contributed by atoms with E-state index < -0.39 is 31.3 Å². The molecule has 24 heavy (non-hydrogen) atoms. The fraction of sp³-hybridized carbons (Fsp3) is 0.214. The molecule has 1 heterocycles. The molecule has 0 unspecified atom stereocenters. The Bertz CT molecular complexity index is 892. The Morgan fingerprint density at radius 2 is 1.83 bits per heavy atom. The fourth-order valence-corrected chi connectivity index (χ4v) is 3.47. The summed E-state index contributed by atoms with van der Waals surface area (Å²) in [5, 5.41) is 10.9. The first-order valence-corrected chi connectivity index (χ1v) is 8.12. The molecule has 128 valence electrons. The van der Waals surface area contributed by atoms with Gasteiger partial charge in [-0.25, -0.2) is 17.8 Å². The Morgan fingerprint density at radius 3 is 2.33 bits per heavy atom. The Hall–Kier alpha value is -2.75. The number of aryl methyl sites for hydroxylation is 2. The second-order valence-corrected chi connectivity index (χ2v) is 6.63. The lowest BCUT2D eigenvalue weighted by Crippen LogP contribution is -2.16. The molecule has 1 N–H and O–H groups in total. The predicted molar refractivity (Wildman–Crippen MR) is 84.1 cm³/mol. The summed E-state index contributed by atoms with van der Waals surface area (Å²) in [6.45, 7) is 3.08. The molecule has 1 aromatic heterocycles. The summed E-state index contributed by atoms with van der Waals surface area (Å²) in [5.74, 6) is -0.784. The lowest BCUT2D eigenvalue weighted by Gasteiger charge is -2.14. The Morgan fingerprint density at radius 1 is 1.25 bits per heavy atom. The molecule has 0 bridgehead atoms. The monoisotopic (exact) mass is 355 g/mol. The minimum absolute atomic E-state index is 0.185. The molecular formula is C14H14FN3O5S. The number of nitro groups is 1. The second-order valence-electron chi connectivity index (χ2n) is 4.98. The molecule has 0 atom stereocenters. The zero-order valence-corrected chi connectivity index (χ0v) is 13.8. The average molecular weight is 355 g/mol. The van der Waals surface area contributed by atoms with E-state index in [4.69, 9.17) is 4.74 Å². The standard InChI is InChI=1S/C14H14FN3O5S/c1-8-4-10(15)5-9(2)13(8)17-24(21,22)12-6-11(18(19)20)7-16-14(12)23-3/h4-7,17H,1-3H3. The van der Waals surface area contributed by atoms with E-state index in [9.17, 15) is 22.9 Å². The normalized spacial score (nSPS) is 11.2. The summed E-state index contributed by atoms with van der Waals surface area (Å²) in [5.41, 5.74) is 0.426. The number of nitrogens with zero attached hydrogens (tertiary/aromatic N) is 2. The van der Waals surface area contributed by atoms with Gasteiger partial charge >= 0.3 is 0 Å². The van der Waals surface area contributed by atoms with E-state index in [1.165, 1.54) is 33.1 Å². The third-order valence-corrected chi connectivity index (χ3v) is 4.58. The van der Waals surface area contributed by atoms with Crippen LogP contribution in [0.25, 0.3) is 0 Å². The van der Waals surface area contributed by atoms with Gasteiger partial charge in [-0.15, -0.1) is 0 Å². The van der Waals surface area contributed by atoms with E-state index in [2.05, 4.69) is 9.71 Å². The summed E-state index contributed by atoms with van der Waals surface area (Å²) in [6.07, 6.45) is 0.895. The number of methoxy groups -OCH3 is 1. The summed E-state index contributed by atoms with van der Waals surface area (Å²) >= 11 is 0. The molecule has 0 aliphatic rings. The van der Waals surface area contributed by atoms with Crippen LogP contribution in [0.5, 0.6) is 5.88 Å². The van der Waals surface area contributed by atoms with E-state index in [1.54, 1.807) is 0 Å². The molecule has 2 aromatic rings. The average Bonchev–Trinajstić information content (AvgIpc) is 2.50. The van der Waals surface area contributed by atoms with Crippen molar-refractivity contribution >= 4 is 21.4 Å². The van der Waals surface area contributed by atoms with Crippen LogP contribution in [0, 0.1) is 29.8 Å². The van der Waals surface area contributed by atoms with Crippen molar-refractivity contribution in [3.8, 4) is 5.88 Å². The molecule has 0 fully saturated rings. The minimum atomic E-state index is -4.23. The van der Waals surface area contributed by atoms with Gasteiger partial charge in [-0.2, -0.15) is 0 Å². The topological polar surface area (TPSA) is 111 Å². The van der Waals surface area contributed by atoms with Crippen LogP contribution in [-0.2, 0) is 10.0 Å². The lowest BCUT2D eigenvalue weighted by molar-refractivity contribution is -0.385. The van der Waals surface area contributed by atoms with Crippen molar-refractivity contribution in [2.24, 2.45) is 0 Å². The number of sulfonamides is 1. The van der Waals surface area contributed by atoms with Crippen LogP contribution in [0.2, 0.25) is 0 Å². The van der Waals surface area contributed by atoms with E-state index in [1.807, 2.05) is 0 Å². The number of anilines is 1. The van der Waals surface area contributed by atoms with Crippen LogP contribution in [-0.4, -0.2) is 25.4 Å². The first-order chi connectivity index (χ1) is 11.2. The van der Waals surface area contributed by atoms with Crippen LogP contribution >= 0.6 is 0 Å². The molecule has 0 aliphatic heterocycles. The summed E-state index contributed by atoms with van der Waals surface area (Å²) in [6, 6.07) is 3.20. The smallest absolute Gasteiger partial charge is 0.289 e. The molecule has 2 rings (SSSR count). The Balaban J connectivity index is 2.56. The first-order valence-electron chi connectivity index (χ1n) is 6.63. The van der Waals surface area contributed by atoms with Gasteiger partial charge in [0.25, 0.3) is 15.7 Å². The largest absolute Gasteiger partial charge is 0.480 e. The van der Waals surface area contributed by atoms with Crippen molar-refractivity contribution in [1.82, 2.24) is 4.98 Å². The zero-order chi connectivity index (χ0) is 18.1. The van der Waals surface area contributed by atoms with Gasteiger partial charge in [0.05, 0.1) is 17.7 Å². The third kappa shape index (κ3) is 3.43. The lowest BCUT2D eigenvalue weighted by atomic mass is 10.1. The molecule has 0 radical (unpaired) electrons. The van der Waals surface area contributed by atoms with Gasteiger partial charge in [0.15, 0.2) is 4.90 Å². The van der Waals surface area contributed by atoms with E-state index in [0.29, 0.717) is 11.1 Å². The third-order valence-electron chi connectivity index (χ3n) is 3.23. The number of hydrogen-bond donors (Lipinski definition) is 1. The highest BCUT2D eigenvalue weighted by atomic mass is 32.2. The van der Waals surface area contributed by atoms with E-state index in [-0.39, 0.29) is 11.6 Å². The first kappa shape index (κ1) is 17.6. The summed E-state index contributed by atoms with van der Waals surface area (Å²) in [7, 11) is -3.04. The Labute approximate surface area is 137 Å². The minimum Gasteiger partial charge on any atom is -0.480 e. The van der Waals surface area contributed by atoms with Crippen LogP contribution in [0.4, 0.5) is 15.8 Å². The predicted octanol–water partition coefficient (Wildman–Crippen LogP) is 2.56. The molecule has 0 spiro atoms. The number of nitrogens with one attached hydrogen (secondary N) is 1. The van der Waals surface area contributed by atoms with Gasteiger partial charge in [0.2, 0.25) is 5.88 Å². The van der Waals surface area contributed by atoms with Gasteiger partial charge < -0.3 is 4.74 Å². The molecule has 8 nitrogen and oxygen atoms in total. The quantitative estimate of drug-likeness (QED) is 0.652. The number of hydrogen-bond acceptors (Lipinski definition) is 6. The zero-order valence-electron chi connectivity index (χ0n) is 13.0. The molecule has 0 aliphatic carbocycles. The van der Waals surface area contributed by atoms with Crippen molar-refractivity contribution in [3.05, 3.63) is 51.5 Å². The molecule has 0 saturated carbocycles. The maximum absolute atomic E-state index is 13.3. The van der Waals surface area contributed by atoms with Gasteiger partial charge in [-0.3, -0.25) is 14.8 Å². The van der Waals surface area contributed by atoms with Crippen molar-refractivity contribution in [3.63, 3.8) is 0 Å². The van der Waals surface area contributed by atoms with Crippen LogP contribution in [0.3, 0.4) is 0 Å². The number of benzene rings is 1. The highest BCUT2D eigenvalue weighted by Gasteiger charge is 2.25. The fourth-order valence-electron chi connectivity index (χ4n) is 2.13. The van der Waals surface area contributed by atoms with Gasteiger partial charge in [-0.1, -0.05) is 0 Å². The number of aromatic nitrogens is 1. The second kappa shape index (κ2) is 6.40. The molecule has 1 aromatic carbocycles. The van der Waals surface area contributed by atoms with Crippen LogP contribution in [0.1, 0.15) is 11.1 Å². The van der Waals surface area contributed by atoms with Crippen molar-refractivity contribution in [1.29, 1.82) is 0 Å². The highest BCUT2D eigenvalue weighted by molar-refractivity contribution is 7.92. The van der Waals surface area contributed by atoms with E-state index in [0.717, 1.165) is 12.3 Å². The van der Waals surface area contributed by atoms with Gasteiger partial charge in [0, 0.05) is 6.07 Å². The summed E-state index contributed by atoms with van der Waals surface area (Å²) < 4.78 is 45.7. The number of ether oxygens (including phenoxy) is 1. The molecular weight excluding hydrogens is 341 g/mol. The maximum atomic E-state index is 13.3. The SMILES string of the molecule is COc1ncc([N+](=O)[O-])cc1S(=O)(=O)Nc1c(C)cc(F)cc1C. The van der Waals surface area contributed by atoms with Gasteiger partial charge in [0.1, 0.15) is 12.0 Å². The molecule has 10 heteroatoms. The number of rotatable bonds is 5. The Kier molecular flexibility index (Phi) is 4.69. The van der Waals surface area contributed by atoms with Crippen molar-refractivity contribution in [2.75, 3.05) is 11.8 Å². The summed E-state index contributed by atoms with van der Waals surface area (Å²) in [4.78, 5) is 13.2. The van der Waals surface area contributed by atoms with Gasteiger partial charge in [-0.05, 0) is 37.1 Å². The maximum Gasteiger partial charge on any atom is 0.289 e. The van der Waals surface area contributed by atoms with Crippen molar-refractivity contribution < 1.29 is 22.5 Å². The van der Waals surface area contributed by atoms with Crippen LogP contribution < -0.4 is 9.46 Å². The number of halogens is 1. The van der Waals surface area contributed by atoms with Crippen LogP contribution in [0.15, 0.2) is 29.3 Å². The molecule has 0 saturated heterocycles. The molecule has 0 amide bonds. The van der Waals surface area contributed by atoms with E-state index >= 15 is 0 Å². The number of pyridine rings is 1.